The minimum Gasteiger partial charge on any atom is -0.487 e. The van der Waals surface area contributed by atoms with Crippen molar-refractivity contribution >= 4 is 17.4 Å². The van der Waals surface area contributed by atoms with Gasteiger partial charge in [-0.25, -0.2) is 4.98 Å². The predicted molar refractivity (Wildman–Crippen MR) is 90.2 cm³/mol. The van der Waals surface area contributed by atoms with Gasteiger partial charge in [-0.15, -0.1) is 0 Å². The number of rotatable bonds is 7. The zero-order valence-corrected chi connectivity index (χ0v) is 14.5. The normalized spacial score (nSPS) is 11.2. The first kappa shape index (κ1) is 17.3. The third kappa shape index (κ3) is 3.47. The molecular formula is C17H25N3O3. The van der Waals surface area contributed by atoms with E-state index in [0.29, 0.717) is 19.0 Å². The molecule has 0 bridgehead atoms. The first-order chi connectivity index (χ1) is 11.0. The molecule has 6 heteroatoms. The van der Waals surface area contributed by atoms with E-state index in [1.807, 2.05) is 43.5 Å². The molecular weight excluding hydrogens is 294 g/mol. The van der Waals surface area contributed by atoms with Gasteiger partial charge in [-0.2, -0.15) is 0 Å². The van der Waals surface area contributed by atoms with Gasteiger partial charge in [0.2, 0.25) is 5.91 Å². The number of carbonyl (C=O) groups excluding carboxylic acids is 1. The highest BCUT2D eigenvalue weighted by Crippen LogP contribution is 2.28. The number of fused-ring (bicyclic) bond motifs is 1. The van der Waals surface area contributed by atoms with Crippen LogP contribution >= 0.6 is 0 Å². The Bertz CT molecular complexity index is 679. The maximum atomic E-state index is 12.4. The summed E-state index contributed by atoms with van der Waals surface area (Å²) in [5, 5.41) is 0. The van der Waals surface area contributed by atoms with E-state index in [9.17, 15) is 4.79 Å². The number of anilines is 1. The molecule has 0 aliphatic rings. The molecule has 0 saturated heterocycles. The van der Waals surface area contributed by atoms with Crippen LogP contribution in [-0.4, -0.2) is 42.7 Å². The Morgan fingerprint density at radius 3 is 2.74 bits per heavy atom. The molecule has 0 atom stereocenters. The predicted octanol–water partition coefficient (Wildman–Crippen LogP) is 2.54. The SMILES string of the molecule is CCc1nc2c(OCCOC)cccn2c1N(C)C(=O)C(C)C. The minimum absolute atomic E-state index is 0.0622. The van der Waals surface area contributed by atoms with Crippen molar-refractivity contribution in [2.75, 3.05) is 32.3 Å². The third-order valence-corrected chi connectivity index (χ3v) is 3.68. The molecule has 0 spiro atoms. The number of carbonyl (C=O) groups is 1. The average molecular weight is 319 g/mol. The van der Waals surface area contributed by atoms with Crippen LogP contribution in [0.25, 0.3) is 5.65 Å². The standard InChI is InChI=1S/C17H25N3O3/c1-6-13-16(19(4)17(21)12(2)3)20-9-7-8-14(15(20)18-13)23-11-10-22-5/h7-9,12H,6,10-11H2,1-5H3. The molecule has 0 saturated carbocycles. The molecule has 6 nitrogen and oxygen atoms in total. The number of nitrogens with zero attached hydrogens (tertiary/aromatic N) is 3. The summed E-state index contributed by atoms with van der Waals surface area (Å²) in [7, 11) is 3.43. The molecule has 126 valence electrons. The van der Waals surface area contributed by atoms with Gasteiger partial charge in [-0.3, -0.25) is 14.1 Å². The molecule has 0 unspecified atom stereocenters. The van der Waals surface area contributed by atoms with Crippen LogP contribution < -0.4 is 9.64 Å². The van der Waals surface area contributed by atoms with Crippen molar-refractivity contribution < 1.29 is 14.3 Å². The smallest absolute Gasteiger partial charge is 0.230 e. The lowest BCUT2D eigenvalue weighted by molar-refractivity contribution is -0.121. The van der Waals surface area contributed by atoms with Gasteiger partial charge in [0.1, 0.15) is 12.4 Å². The molecule has 2 rings (SSSR count). The average Bonchev–Trinajstić information content (AvgIpc) is 2.93. The molecule has 2 heterocycles. The first-order valence-corrected chi connectivity index (χ1v) is 7.90. The van der Waals surface area contributed by atoms with Gasteiger partial charge < -0.3 is 9.47 Å². The number of imidazole rings is 1. The molecule has 0 aliphatic carbocycles. The number of ether oxygens (including phenoxy) is 2. The second kappa shape index (κ2) is 7.46. The van der Waals surface area contributed by atoms with Crippen molar-refractivity contribution in [2.24, 2.45) is 5.92 Å². The van der Waals surface area contributed by atoms with Crippen LogP contribution in [0.5, 0.6) is 5.75 Å². The Hall–Kier alpha value is -2.08. The number of amides is 1. The van der Waals surface area contributed by atoms with E-state index in [2.05, 4.69) is 4.98 Å². The fraction of sp³-hybridized carbons (Fsp3) is 0.529. The van der Waals surface area contributed by atoms with E-state index in [1.54, 1.807) is 19.1 Å². The van der Waals surface area contributed by atoms with Gasteiger partial charge in [-0.1, -0.05) is 20.8 Å². The Kier molecular flexibility index (Phi) is 5.60. The molecule has 23 heavy (non-hydrogen) atoms. The van der Waals surface area contributed by atoms with Crippen molar-refractivity contribution in [3.05, 3.63) is 24.0 Å². The summed E-state index contributed by atoms with van der Waals surface area (Å²) in [5.41, 5.74) is 1.60. The summed E-state index contributed by atoms with van der Waals surface area (Å²) in [6.45, 7) is 6.80. The van der Waals surface area contributed by atoms with E-state index in [4.69, 9.17) is 9.47 Å². The van der Waals surface area contributed by atoms with Crippen LogP contribution in [-0.2, 0) is 16.0 Å². The van der Waals surface area contributed by atoms with Gasteiger partial charge in [0.15, 0.2) is 11.4 Å². The zero-order chi connectivity index (χ0) is 17.0. The summed E-state index contributed by atoms with van der Waals surface area (Å²) in [5.74, 6) is 1.48. The van der Waals surface area contributed by atoms with Crippen LogP contribution in [0.2, 0.25) is 0 Å². The summed E-state index contributed by atoms with van der Waals surface area (Å²) in [6.07, 6.45) is 2.65. The van der Waals surface area contributed by atoms with Crippen LogP contribution in [0.1, 0.15) is 26.5 Å². The van der Waals surface area contributed by atoms with Crippen LogP contribution in [0.15, 0.2) is 18.3 Å². The third-order valence-electron chi connectivity index (χ3n) is 3.68. The number of methoxy groups -OCH3 is 1. The highest BCUT2D eigenvalue weighted by atomic mass is 16.5. The minimum atomic E-state index is -0.0728. The molecule has 1 amide bonds. The quantitative estimate of drug-likeness (QED) is 0.736. The van der Waals surface area contributed by atoms with Crippen molar-refractivity contribution in [3.63, 3.8) is 0 Å². The number of hydrogen-bond donors (Lipinski definition) is 0. The fourth-order valence-corrected chi connectivity index (χ4v) is 2.51. The van der Waals surface area contributed by atoms with Crippen molar-refractivity contribution in [3.8, 4) is 5.75 Å². The second-order valence-corrected chi connectivity index (χ2v) is 5.69. The number of aryl methyl sites for hydroxylation is 1. The molecule has 0 fully saturated rings. The van der Waals surface area contributed by atoms with Crippen LogP contribution in [0.3, 0.4) is 0 Å². The summed E-state index contributed by atoms with van der Waals surface area (Å²) in [4.78, 5) is 18.7. The Balaban J connectivity index is 2.48. The van der Waals surface area contributed by atoms with Crippen LogP contribution in [0.4, 0.5) is 5.82 Å². The Morgan fingerprint density at radius 1 is 1.39 bits per heavy atom. The monoisotopic (exact) mass is 319 g/mol. The second-order valence-electron chi connectivity index (χ2n) is 5.69. The molecule has 2 aromatic heterocycles. The number of aromatic nitrogens is 2. The van der Waals surface area contributed by atoms with Gasteiger partial charge in [0, 0.05) is 26.3 Å². The van der Waals surface area contributed by atoms with E-state index in [1.165, 1.54) is 0 Å². The Labute approximate surface area is 137 Å². The van der Waals surface area contributed by atoms with E-state index in [0.717, 1.165) is 23.6 Å². The van der Waals surface area contributed by atoms with Gasteiger partial charge in [0.05, 0.1) is 12.3 Å². The molecule has 0 aliphatic heterocycles. The van der Waals surface area contributed by atoms with E-state index in [-0.39, 0.29) is 11.8 Å². The van der Waals surface area contributed by atoms with E-state index >= 15 is 0 Å². The van der Waals surface area contributed by atoms with Gasteiger partial charge >= 0.3 is 0 Å². The summed E-state index contributed by atoms with van der Waals surface area (Å²) in [6, 6.07) is 3.78. The summed E-state index contributed by atoms with van der Waals surface area (Å²) >= 11 is 0. The van der Waals surface area contributed by atoms with Crippen molar-refractivity contribution in [1.82, 2.24) is 9.38 Å². The maximum Gasteiger partial charge on any atom is 0.230 e. The molecule has 0 radical (unpaired) electrons. The lowest BCUT2D eigenvalue weighted by Gasteiger charge is -2.20. The topological polar surface area (TPSA) is 56.1 Å². The summed E-state index contributed by atoms with van der Waals surface area (Å²) < 4.78 is 12.7. The van der Waals surface area contributed by atoms with Crippen LogP contribution in [0, 0.1) is 5.92 Å². The molecule has 2 aromatic rings. The molecule has 0 N–H and O–H groups in total. The lowest BCUT2D eigenvalue weighted by Crippen LogP contribution is -2.31. The van der Waals surface area contributed by atoms with E-state index < -0.39 is 0 Å². The number of hydrogen-bond acceptors (Lipinski definition) is 4. The highest BCUT2D eigenvalue weighted by molar-refractivity contribution is 5.94. The fourth-order valence-electron chi connectivity index (χ4n) is 2.51. The lowest BCUT2D eigenvalue weighted by atomic mass is 10.2. The first-order valence-electron chi connectivity index (χ1n) is 7.90. The largest absolute Gasteiger partial charge is 0.487 e. The Morgan fingerprint density at radius 2 is 2.13 bits per heavy atom. The maximum absolute atomic E-state index is 12.4. The van der Waals surface area contributed by atoms with Crippen molar-refractivity contribution in [1.29, 1.82) is 0 Å². The van der Waals surface area contributed by atoms with Crippen molar-refractivity contribution in [2.45, 2.75) is 27.2 Å². The number of pyridine rings is 1. The van der Waals surface area contributed by atoms with Gasteiger partial charge in [-0.05, 0) is 18.6 Å². The zero-order valence-electron chi connectivity index (χ0n) is 14.5. The highest BCUT2D eigenvalue weighted by Gasteiger charge is 2.23. The van der Waals surface area contributed by atoms with Gasteiger partial charge in [0.25, 0.3) is 0 Å². The molecule has 0 aromatic carbocycles.